The highest BCUT2D eigenvalue weighted by atomic mass is 16.6. The summed E-state index contributed by atoms with van der Waals surface area (Å²) in [6.45, 7) is 2.88. The minimum absolute atomic E-state index is 0.106. The normalized spacial score (nSPS) is 10.7. The minimum Gasteiger partial charge on any atom is -0.293 e. The molecule has 0 amide bonds. The highest BCUT2D eigenvalue weighted by Crippen LogP contribution is 2.11. The quantitative estimate of drug-likeness (QED) is 0.322. The van der Waals surface area contributed by atoms with E-state index in [0.717, 1.165) is 24.9 Å². The Morgan fingerprint density at radius 1 is 1.53 bits per heavy atom. The Balaban J connectivity index is 2.65. The minimum atomic E-state index is -0.399. The van der Waals surface area contributed by atoms with E-state index in [0.29, 0.717) is 0 Å². The van der Waals surface area contributed by atoms with Crippen molar-refractivity contribution in [1.29, 1.82) is 0 Å². The van der Waals surface area contributed by atoms with Crippen LogP contribution >= 0.6 is 0 Å². The number of nitro benzene ring substituents is 1. The van der Waals surface area contributed by atoms with E-state index in [1.54, 1.807) is 12.3 Å². The number of nitro groups is 1. The van der Waals surface area contributed by atoms with Crippen molar-refractivity contribution in [1.82, 2.24) is 0 Å². The van der Waals surface area contributed by atoms with Crippen molar-refractivity contribution in [2.75, 3.05) is 6.54 Å². The van der Waals surface area contributed by atoms with Crippen molar-refractivity contribution in [3.8, 4) is 0 Å². The van der Waals surface area contributed by atoms with E-state index < -0.39 is 4.92 Å². The molecule has 0 saturated carbocycles. The lowest BCUT2D eigenvalue weighted by Crippen LogP contribution is -1.90. The van der Waals surface area contributed by atoms with Crippen LogP contribution < -0.4 is 0 Å². The second-order valence-electron chi connectivity index (χ2n) is 3.24. The number of rotatable bonds is 5. The SMILES string of the molecule is CCCCN=Cc1cccc([N+](=O)[O-])c1. The zero-order valence-corrected chi connectivity index (χ0v) is 8.72. The summed E-state index contributed by atoms with van der Waals surface area (Å²) in [4.78, 5) is 14.3. The number of non-ortho nitro benzene ring substituents is 1. The molecule has 4 nitrogen and oxygen atoms in total. The predicted octanol–water partition coefficient (Wildman–Crippen LogP) is 2.81. The Morgan fingerprint density at radius 3 is 3.00 bits per heavy atom. The van der Waals surface area contributed by atoms with Crippen LogP contribution in [0, 0.1) is 10.1 Å². The summed E-state index contributed by atoms with van der Waals surface area (Å²) >= 11 is 0. The summed E-state index contributed by atoms with van der Waals surface area (Å²) in [5.41, 5.74) is 0.884. The fraction of sp³-hybridized carbons (Fsp3) is 0.364. The van der Waals surface area contributed by atoms with Crippen molar-refractivity contribution in [2.24, 2.45) is 4.99 Å². The van der Waals surface area contributed by atoms with Crippen LogP contribution in [0.25, 0.3) is 0 Å². The van der Waals surface area contributed by atoms with Gasteiger partial charge in [0.05, 0.1) is 4.92 Å². The molecule has 0 bridgehead atoms. The Kier molecular flexibility index (Phi) is 4.47. The van der Waals surface area contributed by atoms with Gasteiger partial charge in [-0.05, 0) is 12.0 Å². The Labute approximate surface area is 88.8 Å². The van der Waals surface area contributed by atoms with Gasteiger partial charge in [0.2, 0.25) is 0 Å². The fourth-order valence-corrected chi connectivity index (χ4v) is 1.14. The van der Waals surface area contributed by atoms with E-state index in [2.05, 4.69) is 11.9 Å². The molecular formula is C11H14N2O2. The summed E-state index contributed by atoms with van der Waals surface area (Å²) in [6, 6.07) is 6.47. The lowest BCUT2D eigenvalue weighted by molar-refractivity contribution is -0.384. The second-order valence-corrected chi connectivity index (χ2v) is 3.24. The first kappa shape index (κ1) is 11.4. The molecule has 0 aromatic heterocycles. The van der Waals surface area contributed by atoms with Crippen LogP contribution in [0.15, 0.2) is 29.3 Å². The molecule has 0 aliphatic heterocycles. The molecule has 0 atom stereocenters. The van der Waals surface area contributed by atoms with Crippen LogP contribution in [0.2, 0.25) is 0 Å². The first-order chi connectivity index (χ1) is 7.24. The summed E-state index contributed by atoms with van der Waals surface area (Å²) in [7, 11) is 0. The standard InChI is InChI=1S/C11H14N2O2/c1-2-3-7-12-9-10-5-4-6-11(8-10)13(14)15/h4-6,8-9H,2-3,7H2,1H3. The van der Waals surface area contributed by atoms with Crippen LogP contribution in [-0.4, -0.2) is 17.7 Å². The molecule has 0 N–H and O–H groups in total. The van der Waals surface area contributed by atoms with Crippen LogP contribution in [0.3, 0.4) is 0 Å². The van der Waals surface area contributed by atoms with E-state index in [4.69, 9.17) is 0 Å². The van der Waals surface area contributed by atoms with Crippen molar-refractivity contribution >= 4 is 11.9 Å². The maximum atomic E-state index is 10.5. The number of hydrogen-bond acceptors (Lipinski definition) is 3. The van der Waals surface area contributed by atoms with Gasteiger partial charge in [0.15, 0.2) is 0 Å². The van der Waals surface area contributed by atoms with Crippen LogP contribution in [-0.2, 0) is 0 Å². The zero-order valence-electron chi connectivity index (χ0n) is 8.72. The van der Waals surface area contributed by atoms with Gasteiger partial charge in [-0.2, -0.15) is 0 Å². The summed E-state index contributed by atoms with van der Waals surface area (Å²) in [6.07, 6.45) is 3.83. The predicted molar refractivity (Wildman–Crippen MR) is 60.5 cm³/mol. The third-order valence-electron chi connectivity index (χ3n) is 1.96. The molecule has 0 heterocycles. The van der Waals surface area contributed by atoms with Gasteiger partial charge in [-0.25, -0.2) is 0 Å². The average Bonchev–Trinajstić information content (AvgIpc) is 2.25. The third kappa shape index (κ3) is 3.89. The van der Waals surface area contributed by atoms with Crippen molar-refractivity contribution in [3.63, 3.8) is 0 Å². The average molecular weight is 206 g/mol. The zero-order chi connectivity index (χ0) is 11.1. The Bertz CT molecular complexity index is 361. The summed E-state index contributed by atoms with van der Waals surface area (Å²) in [5, 5.41) is 10.5. The Morgan fingerprint density at radius 2 is 2.33 bits per heavy atom. The molecule has 0 aliphatic rings. The Hall–Kier alpha value is -1.71. The van der Waals surface area contributed by atoms with Crippen molar-refractivity contribution in [3.05, 3.63) is 39.9 Å². The lowest BCUT2D eigenvalue weighted by Gasteiger charge is -1.94. The maximum Gasteiger partial charge on any atom is 0.270 e. The van der Waals surface area contributed by atoms with Crippen LogP contribution in [0.5, 0.6) is 0 Å². The van der Waals surface area contributed by atoms with Gasteiger partial charge in [0, 0.05) is 24.9 Å². The molecular weight excluding hydrogens is 192 g/mol. The van der Waals surface area contributed by atoms with Gasteiger partial charge in [-0.1, -0.05) is 25.5 Å². The number of hydrogen-bond donors (Lipinski definition) is 0. The van der Waals surface area contributed by atoms with E-state index in [1.807, 2.05) is 6.07 Å². The van der Waals surface area contributed by atoms with Crippen LogP contribution in [0.4, 0.5) is 5.69 Å². The molecule has 0 saturated heterocycles. The topological polar surface area (TPSA) is 55.5 Å². The third-order valence-corrected chi connectivity index (χ3v) is 1.96. The summed E-state index contributed by atoms with van der Waals surface area (Å²) < 4.78 is 0. The molecule has 0 aliphatic carbocycles. The van der Waals surface area contributed by atoms with E-state index in [-0.39, 0.29) is 5.69 Å². The second kappa shape index (κ2) is 5.90. The summed E-state index contributed by atoms with van der Waals surface area (Å²) in [5.74, 6) is 0. The largest absolute Gasteiger partial charge is 0.293 e. The van der Waals surface area contributed by atoms with E-state index >= 15 is 0 Å². The molecule has 1 rings (SSSR count). The molecule has 0 spiro atoms. The molecule has 0 radical (unpaired) electrons. The maximum absolute atomic E-state index is 10.5. The van der Waals surface area contributed by atoms with E-state index in [9.17, 15) is 10.1 Å². The molecule has 4 heteroatoms. The number of nitrogens with zero attached hydrogens (tertiary/aromatic N) is 2. The van der Waals surface area contributed by atoms with Crippen molar-refractivity contribution in [2.45, 2.75) is 19.8 Å². The highest BCUT2D eigenvalue weighted by Gasteiger charge is 2.03. The molecule has 0 unspecified atom stereocenters. The molecule has 1 aromatic carbocycles. The van der Waals surface area contributed by atoms with Gasteiger partial charge >= 0.3 is 0 Å². The van der Waals surface area contributed by atoms with Gasteiger partial charge in [0.1, 0.15) is 0 Å². The van der Waals surface area contributed by atoms with E-state index in [1.165, 1.54) is 12.1 Å². The van der Waals surface area contributed by atoms with Gasteiger partial charge < -0.3 is 0 Å². The molecule has 0 fully saturated rings. The molecule has 1 aromatic rings. The monoisotopic (exact) mass is 206 g/mol. The van der Waals surface area contributed by atoms with Gasteiger partial charge in [-0.15, -0.1) is 0 Å². The van der Waals surface area contributed by atoms with Crippen molar-refractivity contribution < 1.29 is 4.92 Å². The molecule has 80 valence electrons. The first-order valence-corrected chi connectivity index (χ1v) is 4.98. The fourth-order valence-electron chi connectivity index (χ4n) is 1.14. The highest BCUT2D eigenvalue weighted by molar-refractivity contribution is 5.80. The first-order valence-electron chi connectivity index (χ1n) is 4.98. The number of benzene rings is 1. The smallest absolute Gasteiger partial charge is 0.270 e. The number of unbranched alkanes of at least 4 members (excludes halogenated alkanes) is 1. The van der Waals surface area contributed by atoms with Gasteiger partial charge in [-0.3, -0.25) is 15.1 Å². The van der Waals surface area contributed by atoms with Crippen LogP contribution in [0.1, 0.15) is 25.3 Å². The number of aliphatic imine (C=N–C) groups is 1. The molecule has 15 heavy (non-hydrogen) atoms. The lowest BCUT2D eigenvalue weighted by atomic mass is 10.2. The van der Waals surface area contributed by atoms with Gasteiger partial charge in [0.25, 0.3) is 5.69 Å².